The van der Waals surface area contributed by atoms with Crippen molar-refractivity contribution < 1.29 is 32.3 Å². The molecule has 8 nitrogen and oxygen atoms in total. The van der Waals surface area contributed by atoms with Crippen molar-refractivity contribution in [2.24, 2.45) is 11.0 Å². The number of nitrogens with one attached hydrogen (secondary N) is 3. The minimum absolute atomic E-state index is 0.0268. The van der Waals surface area contributed by atoms with E-state index in [1.165, 1.54) is 36.5 Å². The topological polar surface area (TPSA) is 109 Å². The molecule has 2 aromatic rings. The summed E-state index contributed by atoms with van der Waals surface area (Å²) >= 11 is 6.11. The van der Waals surface area contributed by atoms with Crippen LogP contribution in [0.4, 0.5) is 18.9 Å². The van der Waals surface area contributed by atoms with Crippen LogP contribution in [0.15, 0.2) is 47.6 Å². The Labute approximate surface area is 198 Å². The fraction of sp³-hybridized carbons (Fsp3) is 0.273. The second-order valence-electron chi connectivity index (χ2n) is 7.41. The summed E-state index contributed by atoms with van der Waals surface area (Å²) in [7, 11) is 0. The lowest BCUT2D eigenvalue weighted by Crippen LogP contribution is -2.39. The molecule has 0 aliphatic rings. The average Bonchev–Trinajstić information content (AvgIpc) is 2.76. The summed E-state index contributed by atoms with van der Waals surface area (Å²) in [5.41, 5.74) is 1.64. The van der Waals surface area contributed by atoms with E-state index in [2.05, 4.69) is 21.2 Å². The van der Waals surface area contributed by atoms with E-state index >= 15 is 0 Å². The van der Waals surface area contributed by atoms with Gasteiger partial charge < -0.3 is 15.4 Å². The zero-order valence-corrected chi connectivity index (χ0v) is 19.0. The van der Waals surface area contributed by atoms with E-state index in [4.69, 9.17) is 16.3 Å². The van der Waals surface area contributed by atoms with Gasteiger partial charge in [-0.1, -0.05) is 31.5 Å². The molecule has 3 N–H and O–H groups in total. The first-order chi connectivity index (χ1) is 16.0. The highest BCUT2D eigenvalue weighted by atomic mass is 35.5. The van der Waals surface area contributed by atoms with Crippen LogP contribution >= 0.6 is 11.6 Å². The molecular formula is C22H22ClF3N4O4. The molecule has 0 radical (unpaired) electrons. The third kappa shape index (κ3) is 8.74. The average molecular weight is 499 g/mol. The lowest BCUT2D eigenvalue weighted by Gasteiger charge is -2.11. The first-order valence-electron chi connectivity index (χ1n) is 9.96. The molecule has 0 aliphatic carbocycles. The normalized spacial score (nSPS) is 11.4. The lowest BCUT2D eigenvalue weighted by atomic mass is 10.2. The number of anilines is 1. The minimum Gasteiger partial charge on any atom is -0.482 e. The molecule has 0 heterocycles. The number of hydrazone groups is 1. The Kier molecular flexibility index (Phi) is 9.43. The van der Waals surface area contributed by atoms with Crippen LogP contribution in [0.3, 0.4) is 0 Å². The van der Waals surface area contributed by atoms with Gasteiger partial charge in [0.1, 0.15) is 5.75 Å². The van der Waals surface area contributed by atoms with E-state index in [0.29, 0.717) is 12.1 Å². The van der Waals surface area contributed by atoms with Gasteiger partial charge in [0.15, 0.2) is 6.61 Å². The number of ether oxygens (including phenoxy) is 1. The number of carbonyl (C=O) groups excluding carboxylic acids is 3. The fourth-order valence-corrected chi connectivity index (χ4v) is 2.66. The maximum absolute atomic E-state index is 12.8. The maximum Gasteiger partial charge on any atom is 0.416 e. The Bertz CT molecular complexity index is 1070. The molecule has 0 saturated carbocycles. The first-order valence-corrected chi connectivity index (χ1v) is 10.3. The van der Waals surface area contributed by atoms with Gasteiger partial charge >= 0.3 is 18.0 Å². The van der Waals surface area contributed by atoms with E-state index in [-0.39, 0.29) is 22.4 Å². The number of benzene rings is 2. The number of hydrogen-bond acceptors (Lipinski definition) is 5. The van der Waals surface area contributed by atoms with Gasteiger partial charge in [-0.05, 0) is 47.9 Å². The second kappa shape index (κ2) is 12.0. The quantitative estimate of drug-likeness (QED) is 0.293. The standard InChI is InChI=1S/C22H22ClF3N4O4/c1-13(2)10-27-20(32)21(33)30-28-11-14-6-7-18(17(23)8-14)34-12-19(31)29-16-5-3-4-15(9-16)22(24,25)26/h3-9,11,13H,10,12H2,1-2H3,(H,27,32)(H,29,31)(H,30,33)/b28-11-. The SMILES string of the molecule is CC(C)CNC(=O)C(=O)N/N=C\c1ccc(OCC(=O)Nc2cccc(C(F)(F)F)c2)c(Cl)c1. The molecule has 0 unspecified atom stereocenters. The minimum atomic E-state index is -4.53. The van der Waals surface area contributed by atoms with Crippen LogP contribution in [0.2, 0.25) is 5.02 Å². The Morgan fingerprint density at radius 3 is 2.50 bits per heavy atom. The molecule has 2 rings (SSSR count). The molecule has 0 aliphatic heterocycles. The van der Waals surface area contributed by atoms with Crippen molar-refractivity contribution in [2.75, 3.05) is 18.5 Å². The highest BCUT2D eigenvalue weighted by Gasteiger charge is 2.30. The van der Waals surface area contributed by atoms with Crippen LogP contribution in [0.1, 0.15) is 25.0 Å². The van der Waals surface area contributed by atoms with Gasteiger partial charge in [0, 0.05) is 12.2 Å². The summed E-state index contributed by atoms with van der Waals surface area (Å²) in [6.45, 7) is 3.63. The van der Waals surface area contributed by atoms with Crippen molar-refractivity contribution in [1.82, 2.24) is 10.7 Å². The summed E-state index contributed by atoms with van der Waals surface area (Å²) < 4.78 is 43.6. The third-order valence-electron chi connectivity index (χ3n) is 4.05. The molecule has 0 atom stereocenters. The molecule has 0 aromatic heterocycles. The van der Waals surface area contributed by atoms with Crippen molar-refractivity contribution in [1.29, 1.82) is 0 Å². The van der Waals surface area contributed by atoms with E-state index in [1.807, 2.05) is 13.8 Å². The van der Waals surface area contributed by atoms with Crippen molar-refractivity contribution in [2.45, 2.75) is 20.0 Å². The molecule has 0 saturated heterocycles. The molecule has 3 amide bonds. The van der Waals surface area contributed by atoms with Crippen molar-refractivity contribution in [3.8, 4) is 5.75 Å². The molecule has 182 valence electrons. The Morgan fingerprint density at radius 2 is 1.85 bits per heavy atom. The van der Waals surface area contributed by atoms with Crippen LogP contribution < -0.4 is 20.8 Å². The smallest absolute Gasteiger partial charge is 0.416 e. The summed E-state index contributed by atoms with van der Waals surface area (Å²) in [6, 6.07) is 8.61. The predicted molar refractivity (Wildman–Crippen MR) is 121 cm³/mol. The molecular weight excluding hydrogens is 477 g/mol. The van der Waals surface area contributed by atoms with Gasteiger partial charge in [0.2, 0.25) is 0 Å². The second-order valence-corrected chi connectivity index (χ2v) is 7.82. The fourth-order valence-electron chi connectivity index (χ4n) is 2.42. The van der Waals surface area contributed by atoms with Crippen LogP contribution in [0, 0.1) is 5.92 Å². The summed E-state index contributed by atoms with van der Waals surface area (Å²) in [5.74, 6) is -2.07. The third-order valence-corrected chi connectivity index (χ3v) is 4.34. The lowest BCUT2D eigenvalue weighted by molar-refractivity contribution is -0.139. The zero-order chi connectivity index (χ0) is 25.3. The van der Waals surface area contributed by atoms with Gasteiger partial charge in [0.05, 0.1) is 16.8 Å². The molecule has 0 bridgehead atoms. The first kappa shape index (κ1) is 26.7. The van der Waals surface area contributed by atoms with E-state index in [1.54, 1.807) is 0 Å². The van der Waals surface area contributed by atoms with Crippen molar-refractivity contribution in [3.63, 3.8) is 0 Å². The Morgan fingerprint density at radius 1 is 1.12 bits per heavy atom. The van der Waals surface area contributed by atoms with Crippen molar-refractivity contribution >= 4 is 41.2 Å². The van der Waals surface area contributed by atoms with E-state index in [0.717, 1.165) is 12.1 Å². The molecule has 12 heteroatoms. The van der Waals surface area contributed by atoms with Gasteiger partial charge in [-0.2, -0.15) is 18.3 Å². The molecule has 34 heavy (non-hydrogen) atoms. The molecule has 0 fully saturated rings. The predicted octanol–water partition coefficient (Wildman–Crippen LogP) is 3.60. The highest BCUT2D eigenvalue weighted by Crippen LogP contribution is 2.30. The summed E-state index contributed by atoms with van der Waals surface area (Å²) in [4.78, 5) is 35.2. The van der Waals surface area contributed by atoms with Gasteiger partial charge in [-0.3, -0.25) is 14.4 Å². The maximum atomic E-state index is 12.8. The van der Waals surface area contributed by atoms with E-state index in [9.17, 15) is 27.6 Å². The number of alkyl halides is 3. The monoisotopic (exact) mass is 498 g/mol. The Hall–Kier alpha value is -3.60. The summed E-state index contributed by atoms with van der Waals surface area (Å²) in [6.07, 6.45) is -3.28. The number of carbonyl (C=O) groups is 3. The number of halogens is 4. The van der Waals surface area contributed by atoms with Gasteiger partial charge in [-0.15, -0.1) is 0 Å². The largest absolute Gasteiger partial charge is 0.482 e. The van der Waals surface area contributed by atoms with E-state index < -0.39 is 36.1 Å². The number of amides is 3. The molecule has 2 aromatic carbocycles. The Balaban J connectivity index is 1.87. The van der Waals surface area contributed by atoms with Gasteiger partial charge in [-0.25, -0.2) is 5.43 Å². The van der Waals surface area contributed by atoms with Crippen molar-refractivity contribution in [3.05, 3.63) is 58.6 Å². The highest BCUT2D eigenvalue weighted by molar-refractivity contribution is 6.35. The van der Waals surface area contributed by atoms with Crippen LogP contribution in [0.25, 0.3) is 0 Å². The molecule has 0 spiro atoms. The summed E-state index contributed by atoms with van der Waals surface area (Å²) in [5, 5.41) is 8.57. The van der Waals surface area contributed by atoms with Crippen LogP contribution in [-0.4, -0.2) is 37.1 Å². The number of nitrogens with zero attached hydrogens (tertiary/aromatic N) is 1. The number of rotatable bonds is 8. The zero-order valence-electron chi connectivity index (χ0n) is 18.2. The van der Waals surface area contributed by atoms with Crippen LogP contribution in [-0.2, 0) is 20.6 Å². The number of hydrogen-bond donors (Lipinski definition) is 3. The van der Waals surface area contributed by atoms with Crippen LogP contribution in [0.5, 0.6) is 5.75 Å². The van der Waals surface area contributed by atoms with Gasteiger partial charge in [0.25, 0.3) is 5.91 Å².